The quantitative estimate of drug-likeness (QED) is 0.0195. The number of quaternary nitrogens is 1. The highest BCUT2D eigenvalue weighted by Crippen LogP contribution is 2.38. The van der Waals surface area contributed by atoms with Gasteiger partial charge in [-0.2, -0.15) is 0 Å². The fraction of sp³-hybridized carbons (Fsp3) is 0.881. The van der Waals surface area contributed by atoms with Crippen LogP contribution in [0.25, 0.3) is 0 Å². The summed E-state index contributed by atoms with van der Waals surface area (Å²) in [6, 6.07) is 0. The molecule has 2 atom stereocenters. The number of hydrogen-bond acceptors (Lipinski definition) is 8. The maximum atomic E-state index is 12.9. The zero-order valence-electron chi connectivity index (χ0n) is 63.4. The largest absolute Gasteiger partial charge is 0.756 e. The lowest BCUT2D eigenvalue weighted by Gasteiger charge is -2.28. The van der Waals surface area contributed by atoms with Crippen LogP contribution in [0.5, 0.6) is 0 Å². The maximum Gasteiger partial charge on any atom is 0.306 e. The van der Waals surface area contributed by atoms with E-state index in [1.165, 1.54) is 340 Å². The maximum absolute atomic E-state index is 12.9. The van der Waals surface area contributed by atoms with Crippen LogP contribution in [0.3, 0.4) is 0 Å². The molecule has 0 aromatic rings. The molecule has 0 amide bonds. The molecule has 554 valence electrons. The number of hydrogen-bond donors (Lipinski definition) is 0. The third kappa shape index (κ3) is 79.0. The first-order valence-corrected chi connectivity index (χ1v) is 42.8. The molecule has 0 heterocycles. The van der Waals surface area contributed by atoms with Crippen molar-refractivity contribution in [3.05, 3.63) is 48.6 Å². The van der Waals surface area contributed by atoms with Crippen LogP contribution in [-0.2, 0) is 32.7 Å². The summed E-state index contributed by atoms with van der Waals surface area (Å²) >= 11 is 0. The van der Waals surface area contributed by atoms with Gasteiger partial charge in [0.25, 0.3) is 7.82 Å². The monoisotopic (exact) mass is 1340 g/mol. The molecule has 0 aromatic carbocycles. The van der Waals surface area contributed by atoms with Crippen molar-refractivity contribution in [1.29, 1.82) is 0 Å². The topological polar surface area (TPSA) is 111 Å². The van der Waals surface area contributed by atoms with Gasteiger partial charge in [-0.25, -0.2) is 0 Å². The van der Waals surface area contributed by atoms with Crippen LogP contribution in [0.2, 0.25) is 0 Å². The van der Waals surface area contributed by atoms with Gasteiger partial charge in [-0.15, -0.1) is 0 Å². The predicted molar refractivity (Wildman–Crippen MR) is 407 cm³/mol. The zero-order chi connectivity index (χ0) is 68.3. The molecule has 0 N–H and O–H groups in total. The van der Waals surface area contributed by atoms with E-state index in [1.54, 1.807) is 0 Å². The van der Waals surface area contributed by atoms with Crippen LogP contribution in [0.4, 0.5) is 0 Å². The number of carbonyl (C=O) groups excluding carboxylic acids is 2. The van der Waals surface area contributed by atoms with Gasteiger partial charge >= 0.3 is 11.9 Å². The molecule has 0 bridgehead atoms. The third-order valence-electron chi connectivity index (χ3n) is 18.8. The second-order valence-corrected chi connectivity index (χ2v) is 30.9. The molecule has 0 radical (unpaired) electrons. The Labute approximate surface area is 585 Å². The van der Waals surface area contributed by atoms with Crippen LogP contribution in [-0.4, -0.2) is 70.0 Å². The van der Waals surface area contributed by atoms with Gasteiger partial charge in [-0.3, -0.25) is 14.2 Å². The van der Waals surface area contributed by atoms with Crippen LogP contribution in [0.15, 0.2) is 48.6 Å². The summed E-state index contributed by atoms with van der Waals surface area (Å²) < 4.78 is 34.4. The minimum Gasteiger partial charge on any atom is -0.756 e. The number of phosphoric ester groups is 1. The molecule has 0 fully saturated rings. The first kappa shape index (κ1) is 92.0. The van der Waals surface area contributed by atoms with E-state index in [1.807, 2.05) is 21.1 Å². The molecule has 0 spiro atoms. The van der Waals surface area contributed by atoms with E-state index in [0.29, 0.717) is 17.4 Å². The van der Waals surface area contributed by atoms with Crippen LogP contribution in [0, 0.1) is 0 Å². The molecule has 94 heavy (non-hydrogen) atoms. The molecule has 9 nitrogen and oxygen atoms in total. The average molecular weight is 1340 g/mol. The first-order chi connectivity index (χ1) is 46.0. The standard InChI is InChI=1S/C84H160NO8P/c1-6-8-10-12-14-16-18-20-22-24-26-28-30-32-34-36-37-38-39-40-41-42-43-44-45-46-47-49-50-52-54-56-58-60-62-64-66-68-70-72-74-76-83(86)90-80-82(81-92-94(88,89)91-79-78-85(3,4)5)93-84(87)77-75-73-71-69-67-65-63-61-59-57-55-53-51-48-35-33-31-29-27-25-23-21-19-17-15-13-11-9-7-2/h19,21,24-27,31,33,82H,6-18,20,22-23,28-30,32,34-81H2,1-5H3/b21-19-,26-24-,27-25-,33-31-. The lowest BCUT2D eigenvalue weighted by molar-refractivity contribution is -0.870. The Hall–Kier alpha value is -2.03. The minimum atomic E-state index is -4.64. The van der Waals surface area contributed by atoms with Gasteiger partial charge in [-0.05, 0) is 77.0 Å². The third-order valence-corrected chi connectivity index (χ3v) is 19.8. The summed E-state index contributed by atoms with van der Waals surface area (Å²) in [5, 5.41) is 0. The van der Waals surface area contributed by atoms with Crippen molar-refractivity contribution in [3.63, 3.8) is 0 Å². The second-order valence-electron chi connectivity index (χ2n) is 29.5. The van der Waals surface area contributed by atoms with Crippen LogP contribution < -0.4 is 4.89 Å². The number of esters is 2. The van der Waals surface area contributed by atoms with Crippen LogP contribution >= 0.6 is 7.82 Å². The highest BCUT2D eigenvalue weighted by Gasteiger charge is 2.22. The van der Waals surface area contributed by atoms with Gasteiger partial charge < -0.3 is 27.9 Å². The summed E-state index contributed by atoms with van der Waals surface area (Å²) in [5.41, 5.74) is 0. The van der Waals surface area contributed by atoms with Crippen molar-refractivity contribution in [2.75, 3.05) is 47.5 Å². The Morgan fingerprint density at radius 3 is 0.862 bits per heavy atom. The van der Waals surface area contributed by atoms with Gasteiger partial charge in [0.15, 0.2) is 6.10 Å². The molecule has 0 aliphatic rings. The predicted octanol–water partition coefficient (Wildman–Crippen LogP) is 26.9. The van der Waals surface area contributed by atoms with Crippen molar-refractivity contribution < 1.29 is 42.1 Å². The number of allylic oxidation sites excluding steroid dienone is 8. The SMILES string of the molecule is CCCCCCC/C=C\C/C=C\C/C=C\CCCCCCCCCCCCCCCCC(=O)OC(COC(=O)CCCCCCCCCCCCCCCCCCCCCCCCCCCCCCC/C=C\CCCCCCCCCC)COP(=O)([O-])OCC[N+](C)(C)C. The highest BCUT2D eigenvalue weighted by molar-refractivity contribution is 7.45. The molecular weight excluding hydrogens is 1180 g/mol. The zero-order valence-corrected chi connectivity index (χ0v) is 64.3. The minimum absolute atomic E-state index is 0.0290. The van der Waals surface area contributed by atoms with E-state index in [9.17, 15) is 19.0 Å². The summed E-state index contributed by atoms with van der Waals surface area (Å²) in [6.45, 7) is 4.30. The highest BCUT2D eigenvalue weighted by atomic mass is 31.2. The van der Waals surface area contributed by atoms with Gasteiger partial charge in [0, 0.05) is 12.8 Å². The first-order valence-electron chi connectivity index (χ1n) is 41.3. The number of rotatable bonds is 78. The van der Waals surface area contributed by atoms with E-state index in [0.717, 1.165) is 51.4 Å². The van der Waals surface area contributed by atoms with Gasteiger partial charge in [-0.1, -0.05) is 383 Å². The van der Waals surface area contributed by atoms with Crippen molar-refractivity contribution in [2.24, 2.45) is 0 Å². The lowest BCUT2D eigenvalue weighted by atomic mass is 10.0. The van der Waals surface area contributed by atoms with Gasteiger partial charge in [0.1, 0.15) is 19.8 Å². The van der Waals surface area contributed by atoms with E-state index in [2.05, 4.69) is 62.5 Å². The van der Waals surface area contributed by atoms with Crippen LogP contribution in [0.1, 0.15) is 425 Å². The Morgan fingerprint density at radius 1 is 0.330 bits per heavy atom. The molecule has 0 saturated carbocycles. The van der Waals surface area contributed by atoms with E-state index in [4.69, 9.17) is 18.5 Å². The molecule has 2 unspecified atom stereocenters. The number of carbonyl (C=O) groups is 2. The average Bonchev–Trinajstić information content (AvgIpc) is 1.65. The molecule has 0 saturated heterocycles. The molecule has 0 aliphatic carbocycles. The number of ether oxygens (including phenoxy) is 2. The second kappa shape index (κ2) is 75.2. The number of likely N-dealkylation sites (N-methyl/N-ethyl adjacent to an activating group) is 1. The molecule has 0 aromatic heterocycles. The van der Waals surface area contributed by atoms with E-state index < -0.39 is 26.5 Å². The normalized spacial score (nSPS) is 13.2. The Balaban J connectivity index is 3.87. The Bertz CT molecular complexity index is 1720. The van der Waals surface area contributed by atoms with Gasteiger partial charge in [0.05, 0.1) is 27.7 Å². The molecular formula is C84H160NO8P. The Kier molecular flexibility index (Phi) is 73.6. The van der Waals surface area contributed by atoms with Crippen molar-refractivity contribution in [2.45, 2.75) is 431 Å². The number of unbranched alkanes of at least 4 members (excludes halogenated alkanes) is 56. The fourth-order valence-corrected chi connectivity index (χ4v) is 13.2. The summed E-state index contributed by atoms with van der Waals surface area (Å²) in [7, 11) is 1.19. The number of phosphoric acid groups is 1. The summed E-state index contributed by atoms with van der Waals surface area (Å²) in [6.07, 6.45) is 99.7. The Morgan fingerprint density at radius 2 is 0.574 bits per heavy atom. The molecule has 0 rings (SSSR count). The summed E-state index contributed by atoms with van der Waals surface area (Å²) in [5.74, 6) is -0.812. The van der Waals surface area contributed by atoms with E-state index >= 15 is 0 Å². The van der Waals surface area contributed by atoms with Crippen molar-refractivity contribution in [3.8, 4) is 0 Å². The molecule has 10 heteroatoms. The van der Waals surface area contributed by atoms with Gasteiger partial charge in [0.2, 0.25) is 0 Å². The fourth-order valence-electron chi connectivity index (χ4n) is 12.5. The number of nitrogens with zero attached hydrogens (tertiary/aromatic N) is 1. The van der Waals surface area contributed by atoms with Crippen molar-refractivity contribution >= 4 is 19.8 Å². The lowest BCUT2D eigenvalue weighted by Crippen LogP contribution is -2.37. The van der Waals surface area contributed by atoms with Crippen molar-refractivity contribution in [1.82, 2.24) is 0 Å². The van der Waals surface area contributed by atoms with E-state index in [-0.39, 0.29) is 32.0 Å². The smallest absolute Gasteiger partial charge is 0.306 e. The summed E-state index contributed by atoms with van der Waals surface area (Å²) in [4.78, 5) is 38.2. The molecule has 0 aliphatic heterocycles.